The van der Waals surface area contributed by atoms with E-state index in [9.17, 15) is 4.79 Å². The van der Waals surface area contributed by atoms with Crippen LogP contribution in [-0.2, 0) is 0 Å². The number of nitrogens with two attached hydrogens (primary N) is 1. The molecule has 0 atom stereocenters. The summed E-state index contributed by atoms with van der Waals surface area (Å²) in [6.45, 7) is 0. The van der Waals surface area contributed by atoms with Crippen molar-refractivity contribution in [2.75, 3.05) is 24.7 Å². The molecule has 102 valence electrons. The molecule has 6 heteroatoms. The minimum absolute atomic E-state index is 0.0955. The zero-order chi connectivity index (χ0) is 14.3. The molecule has 0 aliphatic carbocycles. The van der Waals surface area contributed by atoms with Gasteiger partial charge in [0.2, 0.25) is 0 Å². The van der Waals surface area contributed by atoms with Crippen LogP contribution >= 0.6 is 11.3 Å². The first kappa shape index (κ1) is 12.7. The summed E-state index contributed by atoms with van der Waals surface area (Å²) in [6.07, 6.45) is 1.72. The minimum atomic E-state index is -0.0955. The van der Waals surface area contributed by atoms with Gasteiger partial charge in [0, 0.05) is 25.9 Å². The number of nitrogen functional groups attached to an aromatic ring is 1. The Labute approximate surface area is 119 Å². The van der Waals surface area contributed by atoms with Crippen molar-refractivity contribution >= 4 is 32.4 Å². The van der Waals surface area contributed by atoms with E-state index >= 15 is 0 Å². The number of fused-ring (bicyclic) bond motifs is 1. The van der Waals surface area contributed by atoms with Crippen molar-refractivity contribution in [3.05, 3.63) is 40.8 Å². The van der Waals surface area contributed by atoms with Gasteiger partial charge in [0.05, 0.1) is 10.2 Å². The van der Waals surface area contributed by atoms with Crippen LogP contribution in [0.25, 0.3) is 21.3 Å². The molecule has 0 unspecified atom stereocenters. The predicted octanol–water partition coefficient (Wildman–Crippen LogP) is 2.30. The lowest BCUT2D eigenvalue weighted by atomic mass is 10.1. The Morgan fingerprint density at radius 3 is 2.80 bits per heavy atom. The molecule has 20 heavy (non-hydrogen) atoms. The van der Waals surface area contributed by atoms with Gasteiger partial charge in [0.25, 0.3) is 5.56 Å². The minimum Gasteiger partial charge on any atom is -0.375 e. The number of pyridine rings is 1. The fourth-order valence-corrected chi connectivity index (χ4v) is 2.87. The Hall–Kier alpha value is -2.34. The molecule has 3 aromatic rings. The Kier molecular flexibility index (Phi) is 2.94. The number of thiazole rings is 1. The molecular weight excluding hydrogens is 272 g/mol. The molecule has 0 aliphatic heterocycles. The third-order valence-electron chi connectivity index (χ3n) is 3.10. The molecular formula is C14H14N4OS. The van der Waals surface area contributed by atoms with E-state index in [2.05, 4.69) is 9.97 Å². The van der Waals surface area contributed by atoms with Crippen LogP contribution in [0, 0.1) is 0 Å². The summed E-state index contributed by atoms with van der Waals surface area (Å²) < 4.78 is 1.04. The van der Waals surface area contributed by atoms with Gasteiger partial charge in [-0.1, -0.05) is 17.4 Å². The van der Waals surface area contributed by atoms with Crippen molar-refractivity contribution in [3.8, 4) is 11.1 Å². The number of hydrogen-bond acceptors (Lipinski definition) is 5. The fourth-order valence-electron chi connectivity index (χ4n) is 2.09. The number of anilines is 2. The number of aromatic nitrogens is 2. The summed E-state index contributed by atoms with van der Waals surface area (Å²) >= 11 is 1.46. The normalized spacial score (nSPS) is 10.9. The molecule has 2 heterocycles. The number of H-pyrrole nitrogens is 1. The fraction of sp³-hybridized carbons (Fsp3) is 0.143. The highest BCUT2D eigenvalue weighted by Crippen LogP contribution is 2.29. The maximum absolute atomic E-state index is 11.7. The van der Waals surface area contributed by atoms with E-state index < -0.39 is 0 Å². The van der Waals surface area contributed by atoms with Crippen molar-refractivity contribution in [2.24, 2.45) is 0 Å². The molecule has 5 nitrogen and oxygen atoms in total. The summed E-state index contributed by atoms with van der Waals surface area (Å²) in [7, 11) is 3.70. The zero-order valence-corrected chi connectivity index (χ0v) is 12.0. The van der Waals surface area contributed by atoms with Crippen LogP contribution in [0.2, 0.25) is 0 Å². The zero-order valence-electron chi connectivity index (χ0n) is 11.2. The van der Waals surface area contributed by atoms with Crippen molar-refractivity contribution in [1.29, 1.82) is 0 Å². The van der Waals surface area contributed by atoms with Crippen molar-refractivity contribution in [2.45, 2.75) is 0 Å². The average Bonchev–Trinajstić information content (AvgIpc) is 2.78. The lowest BCUT2D eigenvalue weighted by Gasteiger charge is -2.12. The first-order valence-corrected chi connectivity index (χ1v) is 6.93. The van der Waals surface area contributed by atoms with E-state index in [0.717, 1.165) is 21.3 Å². The number of nitrogens with one attached hydrogen (secondary N) is 1. The predicted molar refractivity (Wildman–Crippen MR) is 84.4 cm³/mol. The molecule has 0 saturated carbocycles. The molecule has 0 aliphatic rings. The van der Waals surface area contributed by atoms with E-state index in [-0.39, 0.29) is 5.56 Å². The molecule has 0 bridgehead atoms. The summed E-state index contributed by atoms with van der Waals surface area (Å²) in [4.78, 5) is 20.5. The Bertz CT molecular complexity index is 835. The summed E-state index contributed by atoms with van der Waals surface area (Å²) in [5.41, 5.74) is 9.14. The van der Waals surface area contributed by atoms with Gasteiger partial charge in [-0.3, -0.25) is 4.79 Å². The maximum Gasteiger partial charge on any atom is 0.271 e. The number of benzene rings is 1. The molecule has 1 aromatic carbocycles. The second-order valence-corrected chi connectivity index (χ2v) is 5.79. The monoisotopic (exact) mass is 286 g/mol. The maximum atomic E-state index is 11.7. The van der Waals surface area contributed by atoms with Crippen LogP contribution in [0.15, 0.2) is 35.3 Å². The molecule has 0 fully saturated rings. The largest absolute Gasteiger partial charge is 0.375 e. The van der Waals surface area contributed by atoms with Gasteiger partial charge >= 0.3 is 0 Å². The number of rotatable bonds is 2. The van der Waals surface area contributed by atoms with Crippen LogP contribution in [-0.4, -0.2) is 24.1 Å². The Morgan fingerprint density at radius 2 is 2.05 bits per heavy atom. The van der Waals surface area contributed by atoms with Gasteiger partial charge in [-0.25, -0.2) is 4.98 Å². The molecule has 0 amide bonds. The van der Waals surface area contributed by atoms with Crippen LogP contribution < -0.4 is 16.2 Å². The Balaban J connectivity index is 2.14. The second-order valence-electron chi connectivity index (χ2n) is 4.73. The van der Waals surface area contributed by atoms with Gasteiger partial charge in [-0.2, -0.15) is 0 Å². The first-order valence-electron chi connectivity index (χ1n) is 6.11. The first-order chi connectivity index (χ1) is 9.54. The second kappa shape index (κ2) is 4.64. The number of nitrogens with zero attached hydrogens (tertiary/aromatic N) is 2. The number of aromatic amines is 1. The topological polar surface area (TPSA) is 75.0 Å². The standard InChI is InChI=1S/C14H14N4OS/c1-18(2)11-5-9(7-16-13(11)19)8-3-4-10-12(6-8)20-14(15)17-10/h3-7H,1-2H3,(H2,15,17)(H,16,19). The van der Waals surface area contributed by atoms with E-state index in [1.807, 2.05) is 38.4 Å². The smallest absolute Gasteiger partial charge is 0.271 e. The van der Waals surface area contributed by atoms with Gasteiger partial charge < -0.3 is 15.6 Å². The molecule has 3 rings (SSSR count). The lowest BCUT2D eigenvalue weighted by molar-refractivity contribution is 1.08. The lowest BCUT2D eigenvalue weighted by Crippen LogP contribution is -2.20. The molecule has 0 saturated heterocycles. The summed E-state index contributed by atoms with van der Waals surface area (Å²) in [5, 5.41) is 0.563. The highest BCUT2D eigenvalue weighted by Gasteiger charge is 2.07. The van der Waals surface area contributed by atoms with Gasteiger partial charge in [0.15, 0.2) is 5.13 Å². The molecule has 0 radical (unpaired) electrons. The van der Waals surface area contributed by atoms with Crippen molar-refractivity contribution in [3.63, 3.8) is 0 Å². The third-order valence-corrected chi connectivity index (χ3v) is 3.95. The number of hydrogen-bond donors (Lipinski definition) is 2. The quantitative estimate of drug-likeness (QED) is 0.758. The van der Waals surface area contributed by atoms with E-state index in [1.165, 1.54) is 11.3 Å². The van der Waals surface area contributed by atoms with Crippen LogP contribution in [0.5, 0.6) is 0 Å². The molecule has 2 aromatic heterocycles. The Morgan fingerprint density at radius 1 is 1.25 bits per heavy atom. The van der Waals surface area contributed by atoms with Crippen molar-refractivity contribution in [1.82, 2.24) is 9.97 Å². The van der Waals surface area contributed by atoms with Gasteiger partial charge in [0.1, 0.15) is 5.69 Å². The summed E-state index contributed by atoms with van der Waals surface area (Å²) in [6, 6.07) is 7.84. The van der Waals surface area contributed by atoms with E-state index in [0.29, 0.717) is 10.8 Å². The van der Waals surface area contributed by atoms with Crippen LogP contribution in [0.3, 0.4) is 0 Å². The summed E-state index contributed by atoms with van der Waals surface area (Å²) in [5.74, 6) is 0. The molecule has 0 spiro atoms. The van der Waals surface area contributed by atoms with Gasteiger partial charge in [-0.15, -0.1) is 0 Å². The highest BCUT2D eigenvalue weighted by molar-refractivity contribution is 7.22. The van der Waals surface area contributed by atoms with Crippen LogP contribution in [0.4, 0.5) is 10.8 Å². The SMILES string of the molecule is CN(C)c1cc(-c2ccc3nc(N)sc3c2)c[nH]c1=O. The average molecular weight is 286 g/mol. The third kappa shape index (κ3) is 2.14. The molecule has 3 N–H and O–H groups in total. The van der Waals surface area contributed by atoms with Crippen molar-refractivity contribution < 1.29 is 0 Å². The van der Waals surface area contributed by atoms with E-state index in [1.54, 1.807) is 11.1 Å². The van der Waals surface area contributed by atoms with Gasteiger partial charge in [-0.05, 0) is 23.8 Å². The highest BCUT2D eigenvalue weighted by atomic mass is 32.1. The van der Waals surface area contributed by atoms with Crippen LogP contribution in [0.1, 0.15) is 0 Å². The van der Waals surface area contributed by atoms with E-state index in [4.69, 9.17) is 5.73 Å².